The molecule has 4 aromatic rings. The molecular formula is C19H13N3O3. The number of carboxylic acids is 1. The monoisotopic (exact) mass is 331 g/mol. The zero-order chi connectivity index (χ0) is 17.4. The lowest BCUT2D eigenvalue weighted by molar-refractivity contribution is 0.0697. The molecule has 0 saturated heterocycles. The van der Waals surface area contributed by atoms with Gasteiger partial charge in [0, 0.05) is 17.3 Å². The molecule has 25 heavy (non-hydrogen) atoms. The van der Waals surface area contributed by atoms with Crippen molar-refractivity contribution >= 4 is 11.6 Å². The summed E-state index contributed by atoms with van der Waals surface area (Å²) in [6, 6.07) is 13.5. The molecule has 0 aliphatic heterocycles. The van der Waals surface area contributed by atoms with E-state index in [4.69, 9.17) is 5.11 Å². The van der Waals surface area contributed by atoms with Crippen molar-refractivity contribution in [1.29, 1.82) is 0 Å². The molecule has 0 saturated carbocycles. The molecule has 6 nitrogen and oxygen atoms in total. The van der Waals surface area contributed by atoms with Crippen LogP contribution < -0.4 is 0 Å². The van der Waals surface area contributed by atoms with Crippen LogP contribution in [0.15, 0.2) is 67.1 Å². The summed E-state index contributed by atoms with van der Waals surface area (Å²) < 4.78 is 1.87. The Hall–Kier alpha value is -3.67. The van der Waals surface area contributed by atoms with Crippen molar-refractivity contribution in [1.82, 2.24) is 14.4 Å². The van der Waals surface area contributed by atoms with Gasteiger partial charge in [0.25, 0.3) is 0 Å². The molecule has 0 aliphatic rings. The molecule has 6 heteroatoms. The van der Waals surface area contributed by atoms with E-state index in [1.54, 1.807) is 48.8 Å². The Morgan fingerprint density at radius 1 is 0.960 bits per heavy atom. The lowest BCUT2D eigenvalue weighted by Gasteiger charge is -2.06. The predicted octanol–water partition coefficient (Wildman–Crippen LogP) is 3.47. The van der Waals surface area contributed by atoms with E-state index >= 15 is 0 Å². The molecule has 0 radical (unpaired) electrons. The molecule has 2 aromatic heterocycles. The van der Waals surface area contributed by atoms with Crippen LogP contribution in [0.25, 0.3) is 28.2 Å². The second-order valence-electron chi connectivity index (χ2n) is 5.58. The third-order valence-corrected chi connectivity index (χ3v) is 3.94. The number of hydrogen-bond acceptors (Lipinski definition) is 4. The summed E-state index contributed by atoms with van der Waals surface area (Å²) in [4.78, 5) is 19.9. The van der Waals surface area contributed by atoms with E-state index in [-0.39, 0.29) is 11.3 Å². The Balaban J connectivity index is 1.86. The maximum Gasteiger partial charge on any atom is 0.335 e. The van der Waals surface area contributed by atoms with Gasteiger partial charge in [0.1, 0.15) is 5.75 Å². The van der Waals surface area contributed by atoms with Gasteiger partial charge in [-0.05, 0) is 24.3 Å². The summed E-state index contributed by atoms with van der Waals surface area (Å²) >= 11 is 0. The zero-order valence-corrected chi connectivity index (χ0v) is 13.0. The van der Waals surface area contributed by atoms with Gasteiger partial charge in [-0.2, -0.15) is 0 Å². The first-order chi connectivity index (χ1) is 12.1. The van der Waals surface area contributed by atoms with E-state index in [2.05, 4.69) is 9.97 Å². The molecule has 2 heterocycles. The number of aromatic carboxylic acids is 1. The topological polar surface area (TPSA) is 87.7 Å². The number of hydrogen-bond donors (Lipinski definition) is 2. The largest absolute Gasteiger partial charge is 0.508 e. The Morgan fingerprint density at radius 2 is 1.76 bits per heavy atom. The maximum absolute atomic E-state index is 11.2. The fourth-order valence-corrected chi connectivity index (χ4v) is 2.73. The third-order valence-electron chi connectivity index (χ3n) is 3.94. The van der Waals surface area contributed by atoms with Gasteiger partial charge in [0.2, 0.25) is 0 Å². The van der Waals surface area contributed by atoms with Gasteiger partial charge < -0.3 is 10.2 Å². The highest BCUT2D eigenvalue weighted by Crippen LogP contribution is 2.26. The normalized spacial score (nSPS) is 10.9. The van der Waals surface area contributed by atoms with Crippen molar-refractivity contribution < 1.29 is 15.0 Å². The highest BCUT2D eigenvalue weighted by molar-refractivity contribution is 5.89. The van der Waals surface area contributed by atoms with Crippen LogP contribution in [0.2, 0.25) is 0 Å². The third kappa shape index (κ3) is 2.70. The van der Waals surface area contributed by atoms with Crippen LogP contribution in [0.3, 0.4) is 0 Å². The molecule has 0 amide bonds. The minimum absolute atomic E-state index is 0.177. The standard InChI is InChI=1S/C19H13N3O3/c23-15-6-2-4-13(8-15)17-9-21-18-10-20-16(11-22(17)18)12-3-1-5-14(7-12)19(24)25/h1-11,23H,(H,24,25). The van der Waals surface area contributed by atoms with Gasteiger partial charge in [-0.1, -0.05) is 24.3 Å². The maximum atomic E-state index is 11.2. The first-order valence-corrected chi connectivity index (χ1v) is 7.58. The SMILES string of the molecule is O=C(O)c1cccc(-c2cn3c(-c4cccc(O)c4)cnc3cn2)c1. The average Bonchev–Trinajstić information content (AvgIpc) is 3.05. The van der Waals surface area contributed by atoms with Gasteiger partial charge in [-0.15, -0.1) is 0 Å². The Morgan fingerprint density at radius 3 is 2.56 bits per heavy atom. The van der Waals surface area contributed by atoms with Gasteiger partial charge in [0.05, 0.1) is 29.3 Å². The number of phenolic OH excluding ortho intramolecular Hbond substituents is 1. The van der Waals surface area contributed by atoms with Crippen molar-refractivity contribution in [2.45, 2.75) is 0 Å². The van der Waals surface area contributed by atoms with Crippen LogP contribution >= 0.6 is 0 Å². The highest BCUT2D eigenvalue weighted by atomic mass is 16.4. The number of aromatic nitrogens is 3. The molecular weight excluding hydrogens is 318 g/mol. The van der Waals surface area contributed by atoms with Crippen LogP contribution in [0.5, 0.6) is 5.75 Å². The molecule has 0 atom stereocenters. The molecule has 4 rings (SSSR count). The van der Waals surface area contributed by atoms with Crippen LogP contribution in [-0.4, -0.2) is 30.6 Å². The Bertz CT molecular complexity index is 1100. The number of imidazole rings is 1. The van der Waals surface area contributed by atoms with Gasteiger partial charge in [-0.25, -0.2) is 9.78 Å². The van der Waals surface area contributed by atoms with Crippen molar-refractivity contribution in [3.05, 3.63) is 72.7 Å². The number of rotatable bonds is 3. The van der Waals surface area contributed by atoms with Crippen LogP contribution in [0.4, 0.5) is 0 Å². The zero-order valence-electron chi connectivity index (χ0n) is 13.0. The number of benzene rings is 2. The number of carboxylic acid groups (broad SMARTS) is 1. The highest BCUT2D eigenvalue weighted by Gasteiger charge is 2.10. The van der Waals surface area contributed by atoms with Gasteiger partial charge in [0.15, 0.2) is 5.65 Å². The van der Waals surface area contributed by atoms with Crippen LogP contribution in [0.1, 0.15) is 10.4 Å². The molecule has 2 aromatic carbocycles. The first kappa shape index (κ1) is 14.9. The lowest BCUT2D eigenvalue weighted by Crippen LogP contribution is -1.97. The van der Waals surface area contributed by atoms with Crippen LogP contribution in [-0.2, 0) is 0 Å². The summed E-state index contributed by atoms with van der Waals surface area (Å²) in [5, 5.41) is 18.9. The minimum atomic E-state index is -0.981. The van der Waals surface area contributed by atoms with E-state index < -0.39 is 5.97 Å². The summed E-state index contributed by atoms with van der Waals surface area (Å²) in [6.45, 7) is 0. The number of nitrogens with zero attached hydrogens (tertiary/aromatic N) is 3. The fraction of sp³-hybridized carbons (Fsp3) is 0. The van der Waals surface area contributed by atoms with E-state index in [0.717, 1.165) is 11.3 Å². The molecule has 0 unspecified atom stereocenters. The average molecular weight is 331 g/mol. The molecule has 0 fully saturated rings. The summed E-state index contributed by atoms with van der Waals surface area (Å²) in [7, 11) is 0. The lowest BCUT2D eigenvalue weighted by atomic mass is 10.1. The van der Waals surface area contributed by atoms with Crippen molar-refractivity contribution in [2.24, 2.45) is 0 Å². The molecule has 0 aliphatic carbocycles. The summed E-state index contributed by atoms with van der Waals surface area (Å²) in [5.74, 6) is -0.804. The smallest absolute Gasteiger partial charge is 0.335 e. The molecule has 2 N–H and O–H groups in total. The second kappa shape index (κ2) is 5.76. The quantitative estimate of drug-likeness (QED) is 0.600. The van der Waals surface area contributed by atoms with E-state index in [1.165, 1.54) is 0 Å². The summed E-state index contributed by atoms with van der Waals surface area (Å²) in [6.07, 6.45) is 5.15. The fourth-order valence-electron chi connectivity index (χ4n) is 2.73. The van der Waals surface area contributed by atoms with Crippen molar-refractivity contribution in [2.75, 3.05) is 0 Å². The van der Waals surface area contributed by atoms with Gasteiger partial charge >= 0.3 is 5.97 Å². The van der Waals surface area contributed by atoms with E-state index in [0.29, 0.717) is 16.9 Å². The predicted molar refractivity (Wildman–Crippen MR) is 92.5 cm³/mol. The summed E-state index contributed by atoms with van der Waals surface area (Å²) in [5.41, 5.74) is 3.84. The molecule has 0 spiro atoms. The number of fused-ring (bicyclic) bond motifs is 1. The first-order valence-electron chi connectivity index (χ1n) is 7.58. The Labute approximate surface area is 142 Å². The molecule has 122 valence electrons. The number of phenols is 1. The van der Waals surface area contributed by atoms with Gasteiger partial charge in [-0.3, -0.25) is 9.38 Å². The van der Waals surface area contributed by atoms with Crippen molar-refractivity contribution in [3.8, 4) is 28.3 Å². The van der Waals surface area contributed by atoms with E-state index in [9.17, 15) is 9.90 Å². The van der Waals surface area contributed by atoms with Crippen LogP contribution in [0, 0.1) is 0 Å². The number of aromatic hydroxyl groups is 1. The minimum Gasteiger partial charge on any atom is -0.508 e. The van der Waals surface area contributed by atoms with Crippen molar-refractivity contribution in [3.63, 3.8) is 0 Å². The number of carbonyl (C=O) groups is 1. The molecule has 0 bridgehead atoms. The second-order valence-corrected chi connectivity index (χ2v) is 5.58. The van der Waals surface area contributed by atoms with E-state index in [1.807, 2.05) is 22.7 Å². The Kier molecular flexibility index (Phi) is 3.43.